The van der Waals surface area contributed by atoms with Crippen molar-refractivity contribution in [2.45, 2.75) is 56.8 Å². The highest BCUT2D eigenvalue weighted by atomic mass is 16.5. The molecule has 1 saturated heterocycles. The molecule has 0 bridgehead atoms. The Bertz CT molecular complexity index is 825. The maximum absolute atomic E-state index is 13.0. The third kappa shape index (κ3) is 2.81. The van der Waals surface area contributed by atoms with Crippen molar-refractivity contribution in [1.29, 1.82) is 0 Å². The molecule has 3 heterocycles. The summed E-state index contributed by atoms with van der Waals surface area (Å²) in [6, 6.07) is 0. The van der Waals surface area contributed by atoms with Crippen LogP contribution in [-0.4, -0.2) is 44.0 Å². The first-order valence-electron chi connectivity index (χ1n) is 9.15. The lowest BCUT2D eigenvalue weighted by Crippen LogP contribution is -2.30. The van der Waals surface area contributed by atoms with E-state index in [-0.39, 0.29) is 11.8 Å². The smallest absolute Gasteiger partial charge is 0.257 e. The van der Waals surface area contributed by atoms with Crippen molar-refractivity contribution in [3.8, 4) is 0 Å². The minimum Gasteiger partial charge on any atom is -0.339 e. The number of likely N-dealkylation sites (tertiary alicyclic amines) is 1. The van der Waals surface area contributed by atoms with E-state index in [2.05, 4.69) is 20.1 Å². The van der Waals surface area contributed by atoms with Gasteiger partial charge < -0.3 is 9.42 Å². The lowest BCUT2D eigenvalue weighted by molar-refractivity contribution is 0.0787. The largest absolute Gasteiger partial charge is 0.339 e. The highest BCUT2D eigenvalue weighted by molar-refractivity contribution is 5.95. The number of aromatic nitrogens is 4. The number of aryl methyl sites for hydroxylation is 1. The van der Waals surface area contributed by atoms with Gasteiger partial charge in [0.1, 0.15) is 5.82 Å². The Morgan fingerprint density at radius 2 is 1.92 bits per heavy atom. The van der Waals surface area contributed by atoms with E-state index in [0.717, 1.165) is 49.4 Å². The van der Waals surface area contributed by atoms with Gasteiger partial charge in [-0.15, -0.1) is 0 Å². The van der Waals surface area contributed by atoms with Gasteiger partial charge in [0.05, 0.1) is 17.2 Å². The normalized spacial score (nSPS) is 23.2. The molecule has 2 saturated carbocycles. The van der Waals surface area contributed by atoms with Gasteiger partial charge in [-0.1, -0.05) is 5.16 Å². The van der Waals surface area contributed by atoms with E-state index < -0.39 is 0 Å². The Morgan fingerprint density at radius 3 is 2.68 bits per heavy atom. The maximum Gasteiger partial charge on any atom is 0.257 e. The van der Waals surface area contributed by atoms with Gasteiger partial charge in [-0.2, -0.15) is 4.98 Å². The fraction of sp³-hybridized carbons (Fsp3) is 0.611. The SMILES string of the molecule is Cc1ncc(C(=O)N2CC[C@@H](c3nc(C4CC4)no3)C2)c(C2CC2)n1. The van der Waals surface area contributed by atoms with Gasteiger partial charge >= 0.3 is 0 Å². The number of hydrogen-bond donors (Lipinski definition) is 0. The van der Waals surface area contributed by atoms with Gasteiger partial charge in [0, 0.05) is 31.1 Å². The maximum atomic E-state index is 13.0. The second-order valence-electron chi connectivity index (χ2n) is 7.49. The molecule has 0 unspecified atom stereocenters. The van der Waals surface area contributed by atoms with E-state index >= 15 is 0 Å². The second kappa shape index (κ2) is 5.61. The van der Waals surface area contributed by atoms with Gasteiger partial charge in [-0.3, -0.25) is 4.79 Å². The average Bonchev–Trinajstić information content (AvgIpc) is 3.54. The lowest BCUT2D eigenvalue weighted by atomic mass is 10.1. The Morgan fingerprint density at radius 1 is 1.12 bits per heavy atom. The van der Waals surface area contributed by atoms with Gasteiger partial charge in [0.15, 0.2) is 5.82 Å². The Balaban J connectivity index is 1.33. The third-order valence-corrected chi connectivity index (χ3v) is 5.36. The van der Waals surface area contributed by atoms with Crippen molar-refractivity contribution in [2.75, 3.05) is 13.1 Å². The molecule has 0 radical (unpaired) electrons. The van der Waals surface area contributed by atoms with E-state index in [1.165, 1.54) is 0 Å². The second-order valence-corrected chi connectivity index (χ2v) is 7.49. The molecule has 3 aliphatic rings. The zero-order chi connectivity index (χ0) is 17.0. The predicted molar refractivity (Wildman–Crippen MR) is 88.3 cm³/mol. The molecule has 0 spiro atoms. The molecule has 0 N–H and O–H groups in total. The first kappa shape index (κ1) is 15.0. The van der Waals surface area contributed by atoms with Crippen molar-refractivity contribution < 1.29 is 9.32 Å². The van der Waals surface area contributed by atoms with Crippen LogP contribution in [0.3, 0.4) is 0 Å². The highest BCUT2D eigenvalue weighted by Gasteiger charge is 2.36. The van der Waals surface area contributed by atoms with Gasteiger partial charge in [0.2, 0.25) is 5.89 Å². The van der Waals surface area contributed by atoms with Crippen LogP contribution >= 0.6 is 0 Å². The number of rotatable bonds is 4. The van der Waals surface area contributed by atoms with Crippen LogP contribution in [0.25, 0.3) is 0 Å². The number of carbonyl (C=O) groups excluding carboxylic acids is 1. The first-order valence-corrected chi connectivity index (χ1v) is 9.15. The Hall–Kier alpha value is -2.31. The van der Waals surface area contributed by atoms with Crippen molar-refractivity contribution in [3.05, 3.63) is 35.0 Å². The monoisotopic (exact) mass is 339 g/mol. The molecule has 1 atom stereocenters. The van der Waals surface area contributed by atoms with Crippen molar-refractivity contribution >= 4 is 5.91 Å². The quantitative estimate of drug-likeness (QED) is 0.851. The van der Waals surface area contributed by atoms with Crippen LogP contribution in [0.5, 0.6) is 0 Å². The fourth-order valence-corrected chi connectivity index (χ4v) is 3.56. The summed E-state index contributed by atoms with van der Waals surface area (Å²) in [6.45, 7) is 3.21. The number of nitrogens with zero attached hydrogens (tertiary/aromatic N) is 5. The van der Waals surface area contributed by atoms with E-state index in [9.17, 15) is 4.79 Å². The molecule has 3 fully saturated rings. The predicted octanol–water partition coefficient (Wildman–Crippen LogP) is 2.55. The molecule has 2 aromatic heterocycles. The summed E-state index contributed by atoms with van der Waals surface area (Å²) in [4.78, 5) is 28.2. The fourth-order valence-electron chi connectivity index (χ4n) is 3.56. The summed E-state index contributed by atoms with van der Waals surface area (Å²) in [6.07, 6.45) is 7.11. The van der Waals surface area contributed by atoms with Crippen LogP contribution in [0.4, 0.5) is 0 Å². The molecule has 7 heteroatoms. The van der Waals surface area contributed by atoms with E-state index in [0.29, 0.717) is 36.4 Å². The van der Waals surface area contributed by atoms with Gasteiger partial charge in [0.25, 0.3) is 5.91 Å². The first-order chi connectivity index (χ1) is 12.2. The third-order valence-electron chi connectivity index (χ3n) is 5.36. The van der Waals surface area contributed by atoms with Crippen molar-refractivity contribution in [2.24, 2.45) is 0 Å². The van der Waals surface area contributed by atoms with E-state index in [1.807, 2.05) is 11.8 Å². The van der Waals surface area contributed by atoms with E-state index in [4.69, 9.17) is 4.52 Å². The van der Waals surface area contributed by atoms with Crippen LogP contribution in [0.1, 0.15) is 83.4 Å². The van der Waals surface area contributed by atoms with E-state index in [1.54, 1.807) is 6.20 Å². The number of hydrogen-bond acceptors (Lipinski definition) is 6. The van der Waals surface area contributed by atoms with Crippen molar-refractivity contribution in [1.82, 2.24) is 25.0 Å². The molecule has 1 amide bonds. The van der Waals surface area contributed by atoms with Gasteiger partial charge in [-0.05, 0) is 39.0 Å². The lowest BCUT2D eigenvalue weighted by Gasteiger charge is -2.17. The molecular weight excluding hydrogens is 318 g/mol. The minimum atomic E-state index is 0.0336. The Kier molecular flexibility index (Phi) is 3.36. The molecule has 2 aromatic rings. The van der Waals surface area contributed by atoms with Gasteiger partial charge in [-0.25, -0.2) is 9.97 Å². The highest BCUT2D eigenvalue weighted by Crippen LogP contribution is 2.41. The Labute approximate surface area is 145 Å². The molecule has 2 aliphatic carbocycles. The topological polar surface area (TPSA) is 85.0 Å². The molecule has 130 valence electrons. The molecule has 7 nitrogen and oxygen atoms in total. The molecule has 25 heavy (non-hydrogen) atoms. The number of carbonyl (C=O) groups is 1. The van der Waals surface area contributed by atoms with Crippen LogP contribution in [-0.2, 0) is 0 Å². The summed E-state index contributed by atoms with van der Waals surface area (Å²) >= 11 is 0. The summed E-state index contributed by atoms with van der Waals surface area (Å²) in [7, 11) is 0. The number of amides is 1. The summed E-state index contributed by atoms with van der Waals surface area (Å²) in [5.41, 5.74) is 1.59. The van der Waals surface area contributed by atoms with Crippen LogP contribution < -0.4 is 0 Å². The molecular formula is C18H21N5O2. The zero-order valence-electron chi connectivity index (χ0n) is 14.3. The van der Waals surface area contributed by atoms with Crippen LogP contribution in [0.15, 0.2) is 10.7 Å². The van der Waals surface area contributed by atoms with Crippen molar-refractivity contribution in [3.63, 3.8) is 0 Å². The molecule has 0 aromatic carbocycles. The summed E-state index contributed by atoms with van der Waals surface area (Å²) < 4.78 is 5.45. The van der Waals surface area contributed by atoms with Crippen LogP contribution in [0.2, 0.25) is 0 Å². The zero-order valence-corrected chi connectivity index (χ0v) is 14.3. The summed E-state index contributed by atoms with van der Waals surface area (Å²) in [5.74, 6) is 3.34. The average molecular weight is 339 g/mol. The standard InChI is InChI=1S/C18H21N5O2/c1-10-19-8-14(15(20-10)11-2-3-11)18(24)23-7-6-13(9-23)17-21-16(22-25-17)12-4-5-12/h8,11-13H,2-7,9H2,1H3/t13-/m1/s1. The summed E-state index contributed by atoms with van der Waals surface area (Å²) in [5, 5.41) is 4.10. The minimum absolute atomic E-state index is 0.0336. The van der Waals surface area contributed by atoms with Crippen LogP contribution in [0, 0.1) is 6.92 Å². The molecule has 1 aliphatic heterocycles. The molecule has 5 rings (SSSR count).